The van der Waals surface area contributed by atoms with Crippen LogP contribution in [0.15, 0.2) is 71.0 Å². The lowest BCUT2D eigenvalue weighted by Gasteiger charge is -2.25. The van der Waals surface area contributed by atoms with Crippen LogP contribution >= 0.6 is 0 Å². The first-order chi connectivity index (χ1) is 16.2. The molecule has 0 aliphatic carbocycles. The molecule has 0 saturated carbocycles. The summed E-state index contributed by atoms with van der Waals surface area (Å²) in [6.45, 7) is 7.34. The first-order valence-corrected chi connectivity index (χ1v) is 11.0. The Kier molecular flexibility index (Phi) is 6.40. The van der Waals surface area contributed by atoms with E-state index < -0.39 is 17.8 Å². The lowest BCUT2D eigenvalue weighted by atomic mass is 9.87. The molecule has 0 unspecified atom stereocenters. The molecule has 0 spiro atoms. The molecule has 2 aromatic heterocycles. The summed E-state index contributed by atoms with van der Waals surface area (Å²) >= 11 is 0. The number of carbonyl (C=O) groups is 3. The quantitative estimate of drug-likeness (QED) is 0.422. The van der Waals surface area contributed by atoms with E-state index in [1.54, 1.807) is 18.2 Å². The van der Waals surface area contributed by atoms with Crippen molar-refractivity contribution in [1.82, 2.24) is 14.8 Å². The fourth-order valence-corrected chi connectivity index (χ4v) is 3.62. The van der Waals surface area contributed by atoms with Crippen LogP contribution in [-0.2, 0) is 28.1 Å². The van der Waals surface area contributed by atoms with Crippen molar-refractivity contribution in [3.63, 3.8) is 0 Å². The van der Waals surface area contributed by atoms with Crippen molar-refractivity contribution < 1.29 is 23.5 Å². The number of rotatable bonds is 7. The molecule has 176 valence electrons. The number of furan rings is 1. The number of nitrogens with zero attached hydrogens (tertiary/aromatic N) is 2. The van der Waals surface area contributed by atoms with Gasteiger partial charge in [0.1, 0.15) is 23.7 Å². The number of carbonyl (C=O) groups excluding carboxylic acids is 3. The molecule has 1 fully saturated rings. The molecule has 34 heavy (non-hydrogen) atoms. The van der Waals surface area contributed by atoms with E-state index in [0.717, 1.165) is 10.6 Å². The monoisotopic (exact) mass is 461 g/mol. The number of amides is 4. The van der Waals surface area contributed by atoms with E-state index in [1.165, 1.54) is 17.9 Å². The fraction of sp³-hybridized carbons (Fsp3) is 0.269. The fourth-order valence-electron chi connectivity index (χ4n) is 3.62. The smallest absolute Gasteiger partial charge is 0.331 e. The average molecular weight is 462 g/mol. The number of ether oxygens (including phenoxy) is 1. The Balaban J connectivity index is 1.44. The molecule has 3 heterocycles. The molecule has 1 saturated heterocycles. The van der Waals surface area contributed by atoms with Crippen LogP contribution in [0, 0.1) is 0 Å². The summed E-state index contributed by atoms with van der Waals surface area (Å²) in [7, 11) is 0. The molecule has 0 radical (unpaired) electrons. The second-order valence-electron chi connectivity index (χ2n) is 9.04. The highest BCUT2D eigenvalue weighted by molar-refractivity contribution is 6.30. The Hall–Kier alpha value is -4.07. The molecule has 1 aromatic carbocycles. The molecular weight excluding hydrogens is 434 g/mol. The molecule has 1 N–H and O–H groups in total. The third kappa shape index (κ3) is 5.11. The molecule has 4 amide bonds. The highest BCUT2D eigenvalue weighted by atomic mass is 16.5. The number of hydrogen-bond acceptors (Lipinski definition) is 5. The van der Waals surface area contributed by atoms with Crippen LogP contribution in [0.4, 0.5) is 4.79 Å². The maximum absolute atomic E-state index is 12.9. The number of aromatic nitrogens is 1. The topological polar surface area (TPSA) is 93.8 Å². The van der Waals surface area contributed by atoms with Gasteiger partial charge in [0.2, 0.25) is 0 Å². The van der Waals surface area contributed by atoms with E-state index in [2.05, 4.69) is 38.2 Å². The number of nitrogens with one attached hydrogen (secondary N) is 1. The summed E-state index contributed by atoms with van der Waals surface area (Å²) in [5.41, 5.74) is 1.84. The van der Waals surface area contributed by atoms with Crippen LogP contribution < -0.4 is 10.1 Å². The number of imide groups is 2. The Labute approximate surface area is 197 Å². The van der Waals surface area contributed by atoms with Gasteiger partial charge in [0, 0.05) is 11.9 Å². The van der Waals surface area contributed by atoms with Crippen molar-refractivity contribution in [3.8, 4) is 5.75 Å². The van der Waals surface area contributed by atoms with Crippen LogP contribution in [-0.4, -0.2) is 33.9 Å². The van der Waals surface area contributed by atoms with Crippen molar-refractivity contribution >= 4 is 23.9 Å². The molecule has 1 aliphatic heterocycles. The highest BCUT2D eigenvalue weighted by Gasteiger charge is 2.36. The van der Waals surface area contributed by atoms with Crippen LogP contribution in [0.5, 0.6) is 5.75 Å². The molecule has 0 atom stereocenters. The lowest BCUT2D eigenvalue weighted by Crippen LogP contribution is -2.53. The second kappa shape index (κ2) is 9.43. The molecular formula is C26H27N3O5. The van der Waals surface area contributed by atoms with Gasteiger partial charge < -0.3 is 13.7 Å². The van der Waals surface area contributed by atoms with Gasteiger partial charge in [-0.1, -0.05) is 32.9 Å². The van der Waals surface area contributed by atoms with Gasteiger partial charge in [-0.15, -0.1) is 0 Å². The maximum atomic E-state index is 12.9. The van der Waals surface area contributed by atoms with E-state index in [9.17, 15) is 14.4 Å². The Morgan fingerprint density at radius 1 is 1.03 bits per heavy atom. The van der Waals surface area contributed by atoms with E-state index in [-0.39, 0.29) is 17.5 Å². The maximum Gasteiger partial charge on any atom is 0.331 e. The van der Waals surface area contributed by atoms with Gasteiger partial charge in [-0.05, 0) is 53.5 Å². The third-order valence-corrected chi connectivity index (χ3v) is 5.56. The van der Waals surface area contributed by atoms with Crippen molar-refractivity contribution in [2.75, 3.05) is 6.61 Å². The minimum absolute atomic E-state index is 0.0643. The minimum Gasteiger partial charge on any atom is -0.492 e. The molecule has 4 rings (SSSR count). The molecule has 3 aromatic rings. The number of benzene rings is 1. The largest absolute Gasteiger partial charge is 0.492 e. The van der Waals surface area contributed by atoms with Crippen molar-refractivity contribution in [1.29, 1.82) is 0 Å². The zero-order chi connectivity index (χ0) is 24.3. The van der Waals surface area contributed by atoms with Gasteiger partial charge in [-0.2, -0.15) is 0 Å². The predicted molar refractivity (Wildman–Crippen MR) is 126 cm³/mol. The first kappa shape index (κ1) is 23.1. The van der Waals surface area contributed by atoms with Crippen LogP contribution in [0.1, 0.15) is 37.8 Å². The summed E-state index contributed by atoms with van der Waals surface area (Å²) in [5.74, 6) is -0.191. The van der Waals surface area contributed by atoms with Gasteiger partial charge in [0.25, 0.3) is 11.8 Å². The lowest BCUT2D eigenvalue weighted by molar-refractivity contribution is -0.130. The first-order valence-electron chi connectivity index (χ1n) is 11.0. The average Bonchev–Trinajstić information content (AvgIpc) is 3.46. The van der Waals surface area contributed by atoms with E-state index >= 15 is 0 Å². The number of barbiturate groups is 1. The minimum atomic E-state index is -0.773. The molecule has 8 heteroatoms. The summed E-state index contributed by atoms with van der Waals surface area (Å²) in [5, 5.41) is 2.22. The van der Waals surface area contributed by atoms with Crippen LogP contribution in [0.2, 0.25) is 0 Å². The van der Waals surface area contributed by atoms with E-state index in [1.807, 2.05) is 29.0 Å². The van der Waals surface area contributed by atoms with Crippen LogP contribution in [0.25, 0.3) is 6.08 Å². The Bertz CT molecular complexity index is 1210. The van der Waals surface area contributed by atoms with Gasteiger partial charge in [-0.3, -0.25) is 19.8 Å². The van der Waals surface area contributed by atoms with Crippen molar-refractivity contribution in [3.05, 3.63) is 83.6 Å². The summed E-state index contributed by atoms with van der Waals surface area (Å²) in [6.07, 6.45) is 4.78. The Morgan fingerprint density at radius 2 is 1.79 bits per heavy atom. The van der Waals surface area contributed by atoms with Crippen molar-refractivity contribution in [2.24, 2.45) is 0 Å². The van der Waals surface area contributed by atoms with Gasteiger partial charge in [-0.25, -0.2) is 4.79 Å². The normalized spacial score (nSPS) is 15.7. The highest BCUT2D eigenvalue weighted by Crippen LogP contribution is 2.24. The van der Waals surface area contributed by atoms with E-state index in [0.29, 0.717) is 24.6 Å². The third-order valence-electron chi connectivity index (χ3n) is 5.56. The van der Waals surface area contributed by atoms with E-state index in [4.69, 9.17) is 9.15 Å². The molecule has 0 bridgehead atoms. The van der Waals surface area contributed by atoms with Gasteiger partial charge in [0.05, 0.1) is 19.4 Å². The summed E-state index contributed by atoms with van der Waals surface area (Å²) in [6, 6.07) is 14.2. The predicted octanol–water partition coefficient (Wildman–Crippen LogP) is 4.12. The number of urea groups is 1. The number of hydrogen-bond donors (Lipinski definition) is 1. The molecule has 1 aliphatic rings. The molecule has 8 nitrogen and oxygen atoms in total. The zero-order valence-corrected chi connectivity index (χ0v) is 19.4. The second-order valence-corrected chi connectivity index (χ2v) is 9.04. The summed E-state index contributed by atoms with van der Waals surface area (Å²) < 4.78 is 13.0. The summed E-state index contributed by atoms with van der Waals surface area (Å²) in [4.78, 5) is 38.4. The van der Waals surface area contributed by atoms with Gasteiger partial charge >= 0.3 is 6.03 Å². The standard InChI is InChI=1S/C26H27N3O5/c1-26(2,3)18-8-10-20(11-9-18)34-15-13-28-12-4-6-19(28)16-22-23(30)27-25(32)29(24(22)31)17-21-7-5-14-33-21/h4-12,14,16H,13,15,17H2,1-3H3,(H,27,30,32)/b22-16-. The van der Waals surface area contributed by atoms with Gasteiger partial charge in [0.15, 0.2) is 0 Å². The van der Waals surface area contributed by atoms with Crippen molar-refractivity contribution in [2.45, 2.75) is 39.3 Å². The van der Waals surface area contributed by atoms with Crippen LogP contribution in [0.3, 0.4) is 0 Å². The zero-order valence-electron chi connectivity index (χ0n) is 19.4. The SMILES string of the molecule is CC(C)(C)c1ccc(OCCn2cccc2/C=C2/C(=O)NC(=O)N(Cc3ccco3)C2=O)cc1. The Morgan fingerprint density at radius 3 is 2.47 bits per heavy atom.